The summed E-state index contributed by atoms with van der Waals surface area (Å²) in [6, 6.07) is 1.77. The van der Waals surface area contributed by atoms with Gasteiger partial charge in [-0.15, -0.1) is 0 Å². The smallest absolute Gasteiger partial charge is 0.165 e. The minimum absolute atomic E-state index is 0.0404. The van der Waals surface area contributed by atoms with E-state index in [0.717, 1.165) is 12.8 Å². The maximum atomic E-state index is 12.2. The van der Waals surface area contributed by atoms with Crippen molar-refractivity contribution < 1.29 is 9.53 Å². The molecule has 0 amide bonds. The van der Waals surface area contributed by atoms with Crippen LogP contribution in [-0.4, -0.2) is 23.9 Å². The van der Waals surface area contributed by atoms with Gasteiger partial charge < -0.3 is 10.5 Å². The van der Waals surface area contributed by atoms with Crippen LogP contribution < -0.4 is 10.5 Å². The van der Waals surface area contributed by atoms with E-state index in [9.17, 15) is 4.79 Å². The second kappa shape index (κ2) is 5.48. The van der Waals surface area contributed by atoms with Gasteiger partial charge in [-0.3, -0.25) is 9.78 Å². The lowest BCUT2D eigenvalue weighted by molar-refractivity contribution is 0.0785. The summed E-state index contributed by atoms with van der Waals surface area (Å²) in [6.45, 7) is 3.08. The van der Waals surface area contributed by atoms with Crippen LogP contribution in [0.3, 0.4) is 0 Å². The highest BCUT2D eigenvalue weighted by molar-refractivity contribution is 5.96. The van der Waals surface area contributed by atoms with Gasteiger partial charge in [0, 0.05) is 18.2 Å². The summed E-state index contributed by atoms with van der Waals surface area (Å²) in [4.78, 5) is 16.3. The van der Waals surface area contributed by atoms with Crippen LogP contribution in [-0.2, 0) is 0 Å². The SMILES string of the molecule is CCOc1cncc(C(=O)CC2(CN)CCC2)c1. The third kappa shape index (κ3) is 2.70. The molecule has 1 fully saturated rings. The van der Waals surface area contributed by atoms with Gasteiger partial charge in [-0.05, 0) is 37.8 Å². The molecule has 0 radical (unpaired) electrons. The average molecular weight is 248 g/mol. The van der Waals surface area contributed by atoms with Crippen LogP contribution in [0.5, 0.6) is 5.75 Å². The summed E-state index contributed by atoms with van der Waals surface area (Å²) in [5, 5.41) is 0. The molecule has 1 aromatic heterocycles. The molecule has 18 heavy (non-hydrogen) atoms. The summed E-state index contributed by atoms with van der Waals surface area (Å²) >= 11 is 0. The number of ether oxygens (including phenoxy) is 1. The molecule has 4 heteroatoms. The van der Waals surface area contributed by atoms with E-state index in [-0.39, 0.29) is 11.2 Å². The quantitative estimate of drug-likeness (QED) is 0.784. The number of pyridine rings is 1. The number of hydrogen-bond donors (Lipinski definition) is 1. The highest BCUT2D eigenvalue weighted by Crippen LogP contribution is 2.43. The van der Waals surface area contributed by atoms with Crippen LogP contribution in [0.1, 0.15) is 43.0 Å². The molecule has 98 valence electrons. The van der Waals surface area contributed by atoms with Crippen molar-refractivity contribution in [2.24, 2.45) is 11.1 Å². The molecule has 4 nitrogen and oxygen atoms in total. The maximum Gasteiger partial charge on any atom is 0.165 e. The first-order valence-electron chi connectivity index (χ1n) is 6.50. The molecule has 0 atom stereocenters. The predicted octanol–water partition coefficient (Wildman–Crippen LogP) is 2.18. The Hall–Kier alpha value is -1.42. The predicted molar refractivity (Wildman–Crippen MR) is 69.7 cm³/mol. The van der Waals surface area contributed by atoms with Crippen LogP contribution in [0.25, 0.3) is 0 Å². The van der Waals surface area contributed by atoms with Gasteiger partial charge in [0.1, 0.15) is 5.75 Å². The van der Waals surface area contributed by atoms with E-state index in [0.29, 0.717) is 30.9 Å². The molecule has 0 aromatic carbocycles. The summed E-state index contributed by atoms with van der Waals surface area (Å²) in [5.74, 6) is 0.771. The Kier molecular flexibility index (Phi) is 3.97. The number of hydrogen-bond acceptors (Lipinski definition) is 4. The summed E-state index contributed by atoms with van der Waals surface area (Å²) in [5.41, 5.74) is 6.45. The number of rotatable bonds is 6. The minimum Gasteiger partial charge on any atom is -0.492 e. The Balaban J connectivity index is 2.06. The Labute approximate surface area is 108 Å². The molecule has 1 heterocycles. The van der Waals surface area contributed by atoms with Crippen LogP contribution in [0, 0.1) is 5.41 Å². The van der Waals surface area contributed by atoms with Gasteiger partial charge in [0.15, 0.2) is 5.78 Å². The molecule has 0 aliphatic heterocycles. The van der Waals surface area contributed by atoms with Crippen LogP contribution in [0.2, 0.25) is 0 Å². The molecular formula is C14H20N2O2. The number of carbonyl (C=O) groups is 1. The van der Waals surface area contributed by atoms with Gasteiger partial charge >= 0.3 is 0 Å². The molecule has 1 aromatic rings. The number of Topliss-reactive ketones (excluding diaryl/α,β-unsaturated/α-hetero) is 1. The minimum atomic E-state index is 0.0404. The average Bonchev–Trinajstić information content (AvgIpc) is 2.34. The Bertz CT molecular complexity index is 422. The molecule has 1 saturated carbocycles. The highest BCUT2D eigenvalue weighted by atomic mass is 16.5. The number of nitrogens with zero attached hydrogens (tertiary/aromatic N) is 1. The first-order valence-corrected chi connectivity index (χ1v) is 6.50. The van der Waals surface area contributed by atoms with E-state index in [1.165, 1.54) is 6.42 Å². The van der Waals surface area contributed by atoms with E-state index < -0.39 is 0 Å². The second-order valence-corrected chi connectivity index (χ2v) is 5.00. The Morgan fingerprint density at radius 3 is 2.83 bits per heavy atom. The zero-order valence-electron chi connectivity index (χ0n) is 10.8. The summed E-state index contributed by atoms with van der Waals surface area (Å²) in [6.07, 6.45) is 7.07. The van der Waals surface area contributed by atoms with E-state index >= 15 is 0 Å². The number of aromatic nitrogens is 1. The van der Waals surface area contributed by atoms with Crippen molar-refractivity contribution in [2.75, 3.05) is 13.2 Å². The molecule has 1 aliphatic carbocycles. The third-order valence-electron chi connectivity index (χ3n) is 3.73. The zero-order chi connectivity index (χ0) is 13.0. The van der Waals surface area contributed by atoms with Crippen molar-refractivity contribution in [1.82, 2.24) is 4.98 Å². The molecule has 0 bridgehead atoms. The lowest BCUT2D eigenvalue weighted by Crippen LogP contribution is -2.39. The largest absolute Gasteiger partial charge is 0.492 e. The number of ketones is 1. The fourth-order valence-electron chi connectivity index (χ4n) is 2.39. The van der Waals surface area contributed by atoms with E-state index in [2.05, 4.69) is 4.98 Å². The first kappa shape index (κ1) is 13.0. The first-order chi connectivity index (χ1) is 8.69. The molecule has 0 saturated heterocycles. The van der Waals surface area contributed by atoms with Crippen molar-refractivity contribution in [3.8, 4) is 5.75 Å². The topological polar surface area (TPSA) is 65.2 Å². The van der Waals surface area contributed by atoms with E-state index in [1.807, 2.05) is 6.92 Å². The van der Waals surface area contributed by atoms with Gasteiger partial charge in [-0.25, -0.2) is 0 Å². The number of nitrogens with two attached hydrogens (primary N) is 1. The van der Waals surface area contributed by atoms with Crippen LogP contribution >= 0.6 is 0 Å². The standard InChI is InChI=1S/C14H20N2O2/c1-2-18-12-6-11(8-16-9-12)13(17)7-14(10-15)4-3-5-14/h6,8-9H,2-5,7,10,15H2,1H3. The highest BCUT2D eigenvalue weighted by Gasteiger charge is 2.37. The zero-order valence-corrected chi connectivity index (χ0v) is 10.8. The fraction of sp³-hybridized carbons (Fsp3) is 0.571. The van der Waals surface area contributed by atoms with E-state index in [4.69, 9.17) is 10.5 Å². The third-order valence-corrected chi connectivity index (χ3v) is 3.73. The van der Waals surface area contributed by atoms with Crippen molar-refractivity contribution >= 4 is 5.78 Å². The maximum absolute atomic E-state index is 12.2. The van der Waals surface area contributed by atoms with Crippen LogP contribution in [0.4, 0.5) is 0 Å². The molecule has 0 spiro atoms. The van der Waals surface area contributed by atoms with Crippen molar-refractivity contribution in [2.45, 2.75) is 32.6 Å². The fourth-order valence-corrected chi connectivity index (χ4v) is 2.39. The molecule has 2 N–H and O–H groups in total. The molecule has 0 unspecified atom stereocenters. The van der Waals surface area contributed by atoms with Gasteiger partial charge in [0.25, 0.3) is 0 Å². The van der Waals surface area contributed by atoms with Gasteiger partial charge in [0.2, 0.25) is 0 Å². The van der Waals surface area contributed by atoms with Crippen molar-refractivity contribution in [3.63, 3.8) is 0 Å². The van der Waals surface area contributed by atoms with Crippen molar-refractivity contribution in [3.05, 3.63) is 24.0 Å². The van der Waals surface area contributed by atoms with Gasteiger partial charge in [-0.1, -0.05) is 6.42 Å². The lowest BCUT2D eigenvalue weighted by atomic mass is 9.65. The second-order valence-electron chi connectivity index (χ2n) is 5.00. The van der Waals surface area contributed by atoms with E-state index in [1.54, 1.807) is 18.5 Å². The van der Waals surface area contributed by atoms with Crippen molar-refractivity contribution in [1.29, 1.82) is 0 Å². The molecule has 2 rings (SSSR count). The molecular weight excluding hydrogens is 228 g/mol. The Morgan fingerprint density at radius 2 is 2.28 bits per heavy atom. The number of carbonyl (C=O) groups excluding carboxylic acids is 1. The van der Waals surface area contributed by atoms with Gasteiger partial charge in [0.05, 0.1) is 12.8 Å². The molecule has 1 aliphatic rings. The Morgan fingerprint density at radius 1 is 1.50 bits per heavy atom. The lowest BCUT2D eigenvalue weighted by Gasteiger charge is -2.40. The monoisotopic (exact) mass is 248 g/mol. The normalized spacial score (nSPS) is 17.0. The van der Waals surface area contributed by atoms with Gasteiger partial charge in [-0.2, -0.15) is 0 Å². The summed E-state index contributed by atoms with van der Waals surface area (Å²) < 4.78 is 5.35. The van der Waals surface area contributed by atoms with Crippen LogP contribution in [0.15, 0.2) is 18.5 Å². The summed E-state index contributed by atoms with van der Waals surface area (Å²) in [7, 11) is 0.